The maximum Gasteiger partial charge on any atom is 0.104 e. The molecule has 3 nitrogen and oxygen atoms in total. The van der Waals surface area contributed by atoms with E-state index in [-0.39, 0.29) is 61.8 Å². The van der Waals surface area contributed by atoms with E-state index in [2.05, 4.69) is 38.7 Å². The number of aliphatic hydroxyl groups is 1. The number of carbonyl (C=O) groups excluding carboxylic acids is 1. The van der Waals surface area contributed by atoms with Gasteiger partial charge in [-0.2, -0.15) is 18.6 Å². The first-order chi connectivity index (χ1) is 11.3. The molecule has 0 saturated carbocycles. The topological polar surface area (TPSA) is 49.8 Å². The largest absolute Gasteiger partial charge is 0.394 e. The van der Waals surface area contributed by atoms with Crippen LogP contribution < -0.4 is 0 Å². The van der Waals surface area contributed by atoms with Gasteiger partial charge in [0.1, 0.15) is 6.10 Å². The van der Waals surface area contributed by atoms with Gasteiger partial charge >= 0.3 is 0 Å². The summed E-state index contributed by atoms with van der Waals surface area (Å²) in [6.07, 6.45) is 3.53. The zero-order valence-corrected chi connectivity index (χ0v) is 19.1. The summed E-state index contributed by atoms with van der Waals surface area (Å²) in [7, 11) is 0. The maximum absolute atomic E-state index is 10.4. The van der Waals surface area contributed by atoms with Crippen molar-refractivity contribution in [3.63, 3.8) is 0 Å². The molecule has 0 amide bonds. The van der Waals surface area contributed by atoms with E-state index in [9.17, 15) is 4.79 Å². The Labute approximate surface area is 190 Å². The van der Waals surface area contributed by atoms with E-state index in [4.69, 9.17) is 5.11 Å². The fraction of sp³-hybridized carbons (Fsp3) is 0.500. The number of aliphatic hydroxyl groups excluding tert-OH is 1. The number of carbonyl (C=O) groups is 1. The van der Waals surface area contributed by atoms with Gasteiger partial charge in [0, 0.05) is 26.8 Å². The SMILES string of the molecule is C.C.C.C=C(C)C(=O)[CH-]C.C=Cc1ccccc1.CC(C)C.OCC1CO1.[W]. The minimum atomic E-state index is 0. The van der Waals surface area contributed by atoms with Crippen molar-refractivity contribution in [1.29, 1.82) is 0 Å². The molecule has 0 radical (unpaired) electrons. The molecule has 1 saturated heterocycles. The Bertz CT molecular complexity index is 449. The summed E-state index contributed by atoms with van der Waals surface area (Å²) in [5.41, 5.74) is 1.77. The van der Waals surface area contributed by atoms with E-state index >= 15 is 0 Å². The van der Waals surface area contributed by atoms with Gasteiger partial charge in [-0.05, 0) is 11.5 Å². The van der Waals surface area contributed by atoms with E-state index in [1.54, 1.807) is 13.8 Å². The molecule has 0 bridgehead atoms. The Hall–Kier alpha value is -1.15. The molecular formula is C24H45O3W-. The molecule has 1 aromatic rings. The molecule has 1 aliphatic rings. The summed E-state index contributed by atoms with van der Waals surface area (Å²) in [5.74, 6) is 0.861. The van der Waals surface area contributed by atoms with Crippen molar-refractivity contribution < 1.29 is 35.7 Å². The third-order valence-electron chi connectivity index (χ3n) is 2.32. The van der Waals surface area contributed by atoms with Crippen molar-refractivity contribution in [3.05, 3.63) is 61.0 Å². The van der Waals surface area contributed by atoms with E-state index in [0.717, 1.165) is 12.5 Å². The molecule has 1 heterocycles. The molecule has 2 rings (SSSR count). The Kier molecular flexibility index (Phi) is 41.4. The molecule has 1 aromatic carbocycles. The van der Waals surface area contributed by atoms with Gasteiger partial charge in [0.2, 0.25) is 0 Å². The van der Waals surface area contributed by atoms with E-state index in [1.165, 1.54) is 12.0 Å². The van der Waals surface area contributed by atoms with Crippen LogP contribution in [0.4, 0.5) is 0 Å². The summed E-state index contributed by atoms with van der Waals surface area (Å²) in [5, 5.41) is 8.08. The molecule has 1 fully saturated rings. The molecule has 1 atom stereocenters. The molecule has 0 aliphatic carbocycles. The van der Waals surface area contributed by atoms with Crippen molar-refractivity contribution >= 4 is 11.9 Å². The zero-order chi connectivity index (χ0) is 19.0. The Balaban J connectivity index is -0.0000000565. The van der Waals surface area contributed by atoms with Gasteiger partial charge in [0.15, 0.2) is 0 Å². The summed E-state index contributed by atoms with van der Waals surface area (Å²) in [4.78, 5) is 10.4. The Morgan fingerprint density at radius 3 is 1.75 bits per heavy atom. The number of ketones is 1. The minimum Gasteiger partial charge on any atom is -0.394 e. The zero-order valence-electron chi connectivity index (χ0n) is 16.2. The van der Waals surface area contributed by atoms with Crippen molar-refractivity contribution in [2.45, 2.75) is 63.0 Å². The first kappa shape index (κ1) is 41.3. The summed E-state index contributed by atoms with van der Waals surface area (Å²) in [6, 6.07) is 10.0. The summed E-state index contributed by atoms with van der Waals surface area (Å²) in [6.45, 7) is 17.9. The minimum absolute atomic E-state index is 0. The second-order valence-corrected chi connectivity index (χ2v) is 5.92. The first-order valence-electron chi connectivity index (χ1n) is 8.17. The molecular weight excluding hydrogens is 520 g/mol. The van der Waals surface area contributed by atoms with Crippen molar-refractivity contribution in [3.8, 4) is 0 Å². The predicted molar refractivity (Wildman–Crippen MR) is 124 cm³/mol. The van der Waals surface area contributed by atoms with Crippen LogP contribution in [0.15, 0.2) is 49.1 Å². The number of epoxide rings is 1. The predicted octanol–water partition coefficient (Wildman–Crippen LogP) is 6.63. The van der Waals surface area contributed by atoms with Crippen LogP contribution in [0.2, 0.25) is 0 Å². The molecule has 0 aromatic heterocycles. The maximum atomic E-state index is 10.4. The van der Waals surface area contributed by atoms with Crippen LogP contribution in [0.3, 0.4) is 0 Å². The quantitative estimate of drug-likeness (QED) is 0.253. The van der Waals surface area contributed by atoms with Gasteiger partial charge in [-0.15, -0.1) is 13.8 Å². The van der Waals surface area contributed by atoms with E-state index in [1.807, 2.05) is 36.4 Å². The van der Waals surface area contributed by atoms with Crippen molar-refractivity contribution in [2.24, 2.45) is 5.92 Å². The Morgan fingerprint density at radius 1 is 1.25 bits per heavy atom. The smallest absolute Gasteiger partial charge is 0.104 e. The van der Waals surface area contributed by atoms with Gasteiger partial charge in [-0.25, -0.2) is 0 Å². The van der Waals surface area contributed by atoms with Gasteiger partial charge < -0.3 is 14.6 Å². The fourth-order valence-corrected chi connectivity index (χ4v) is 1.01. The van der Waals surface area contributed by atoms with Gasteiger partial charge in [-0.3, -0.25) is 0 Å². The molecule has 28 heavy (non-hydrogen) atoms. The average molecular weight is 565 g/mol. The molecule has 1 N–H and O–H groups in total. The molecule has 1 aliphatic heterocycles. The number of allylic oxidation sites excluding steroid dienone is 1. The monoisotopic (exact) mass is 565 g/mol. The first-order valence-corrected chi connectivity index (χ1v) is 8.17. The number of hydrogen-bond acceptors (Lipinski definition) is 3. The average Bonchev–Trinajstić information content (AvgIpc) is 3.39. The van der Waals surface area contributed by atoms with Gasteiger partial charge in [-0.1, -0.05) is 86.0 Å². The number of hydrogen-bond donors (Lipinski definition) is 1. The standard InChI is InChI=1S/C8H8.C6H9O.C4H10.C3H6O2.3CH4.W/c1-2-8-6-4-3-5-7-8;1-4-6(7)5(2)3;1-4(2)3;4-1-3-2-5-3;;;;/h2-7H,1H2;4H,2H2,1,3H3;4H,1-3H3;3-4H,1-2H2;3*1H4;/q;-1;;;;;;. The fourth-order valence-electron chi connectivity index (χ4n) is 1.01. The molecule has 4 heteroatoms. The molecule has 0 spiro atoms. The number of Topliss-reactive ketones (excluding diaryl/α,β-unsaturated/α-hetero) is 1. The van der Waals surface area contributed by atoms with Crippen LogP contribution >= 0.6 is 0 Å². The van der Waals surface area contributed by atoms with E-state index < -0.39 is 0 Å². The summed E-state index contributed by atoms with van der Waals surface area (Å²) < 4.78 is 4.61. The van der Waals surface area contributed by atoms with Gasteiger partial charge in [0.25, 0.3) is 0 Å². The van der Waals surface area contributed by atoms with Crippen LogP contribution in [0.5, 0.6) is 0 Å². The van der Waals surface area contributed by atoms with Crippen molar-refractivity contribution in [2.75, 3.05) is 13.2 Å². The molecule has 166 valence electrons. The van der Waals surface area contributed by atoms with Crippen LogP contribution in [0.1, 0.15) is 62.5 Å². The van der Waals surface area contributed by atoms with E-state index in [0.29, 0.717) is 5.57 Å². The van der Waals surface area contributed by atoms with Gasteiger partial charge in [0.05, 0.1) is 13.2 Å². The van der Waals surface area contributed by atoms with Crippen LogP contribution in [-0.2, 0) is 30.6 Å². The third kappa shape index (κ3) is 35.9. The number of rotatable bonds is 4. The number of benzene rings is 1. The van der Waals surface area contributed by atoms with Crippen LogP contribution in [0.25, 0.3) is 6.08 Å². The Morgan fingerprint density at radius 2 is 1.64 bits per heavy atom. The van der Waals surface area contributed by atoms with Crippen molar-refractivity contribution in [1.82, 2.24) is 0 Å². The normalized spacial score (nSPS) is 11.8. The number of ether oxygens (including phenoxy) is 1. The van der Waals surface area contributed by atoms with Crippen LogP contribution in [0, 0.1) is 12.3 Å². The third-order valence-corrected chi connectivity index (χ3v) is 2.32. The molecule has 1 unspecified atom stereocenters. The summed E-state index contributed by atoms with van der Waals surface area (Å²) >= 11 is 0. The second kappa shape index (κ2) is 28.1. The second-order valence-electron chi connectivity index (χ2n) is 5.92. The van der Waals surface area contributed by atoms with Crippen LogP contribution in [-0.4, -0.2) is 30.2 Å².